The van der Waals surface area contributed by atoms with Crippen molar-refractivity contribution in [1.82, 2.24) is 4.90 Å². The van der Waals surface area contributed by atoms with Crippen molar-refractivity contribution in [3.8, 4) is 0 Å². The van der Waals surface area contributed by atoms with Gasteiger partial charge < -0.3 is 4.90 Å². The predicted octanol–water partition coefficient (Wildman–Crippen LogP) is 1.05. The first-order valence-electron chi connectivity index (χ1n) is 4.71. The van der Waals surface area contributed by atoms with Gasteiger partial charge in [0.25, 0.3) is 0 Å². The summed E-state index contributed by atoms with van der Waals surface area (Å²) in [6.07, 6.45) is 3.97. The Balaban J connectivity index is 2.84. The Morgan fingerprint density at radius 2 is 1.93 bits per heavy atom. The van der Waals surface area contributed by atoms with E-state index < -0.39 is 0 Å². The highest BCUT2D eigenvalue weighted by Crippen LogP contribution is 2.16. The summed E-state index contributed by atoms with van der Waals surface area (Å²) in [7, 11) is 3.79. The van der Waals surface area contributed by atoms with E-state index >= 15 is 0 Å². The zero-order valence-corrected chi connectivity index (χ0v) is 9.19. The van der Waals surface area contributed by atoms with Crippen LogP contribution in [0.4, 0.5) is 0 Å². The Morgan fingerprint density at radius 1 is 1.43 bits per heavy atom. The molecule has 0 spiro atoms. The molecule has 1 heterocycles. The van der Waals surface area contributed by atoms with Gasteiger partial charge in [-0.25, -0.2) is 4.57 Å². The summed E-state index contributed by atoms with van der Waals surface area (Å²) in [5.41, 5.74) is 1.15. The van der Waals surface area contributed by atoms with E-state index in [0.29, 0.717) is 0 Å². The van der Waals surface area contributed by atoms with Crippen LogP contribution in [0, 0.1) is 0 Å². The quantitative estimate of drug-likeness (QED) is 0.644. The van der Waals surface area contributed by atoms with E-state index in [0.717, 1.165) is 5.56 Å². The average molecular weight is 193 g/mol. The van der Waals surface area contributed by atoms with E-state index in [1.165, 1.54) is 0 Å². The zero-order valence-electron chi connectivity index (χ0n) is 9.19. The summed E-state index contributed by atoms with van der Waals surface area (Å²) >= 11 is 0. The first kappa shape index (κ1) is 10.7. The van der Waals surface area contributed by atoms with Crippen molar-refractivity contribution in [2.75, 3.05) is 7.05 Å². The van der Waals surface area contributed by atoms with Gasteiger partial charge in [-0.2, -0.15) is 0 Å². The van der Waals surface area contributed by atoms with Crippen LogP contribution in [0.2, 0.25) is 0 Å². The van der Waals surface area contributed by atoms with Crippen LogP contribution in [0.15, 0.2) is 24.5 Å². The number of carbonyl (C=O) groups excluding carboxylic acids is 1. The molecule has 1 aromatic rings. The molecule has 1 aromatic heterocycles. The minimum atomic E-state index is 0.0886. The highest BCUT2D eigenvalue weighted by Gasteiger charge is 2.14. The largest absolute Gasteiger partial charge is 0.339 e. The summed E-state index contributed by atoms with van der Waals surface area (Å²) in [4.78, 5) is 12.9. The standard InChI is InChI=1S/C11H17N2O/c1-9(13(4)10(2)14)11-5-7-12(3)8-6-11/h5-9H,1-4H3/q+1. The molecule has 0 radical (unpaired) electrons. The van der Waals surface area contributed by atoms with E-state index in [1.54, 1.807) is 11.8 Å². The fourth-order valence-corrected chi connectivity index (χ4v) is 1.29. The molecule has 0 N–H and O–H groups in total. The highest BCUT2D eigenvalue weighted by atomic mass is 16.2. The number of rotatable bonds is 2. The average Bonchev–Trinajstić information content (AvgIpc) is 2.16. The Bertz CT molecular complexity index is 319. The van der Waals surface area contributed by atoms with E-state index in [9.17, 15) is 4.79 Å². The number of pyridine rings is 1. The number of hydrogen-bond donors (Lipinski definition) is 0. The van der Waals surface area contributed by atoms with Gasteiger partial charge in [0.05, 0.1) is 6.04 Å². The van der Waals surface area contributed by atoms with Crippen LogP contribution >= 0.6 is 0 Å². The Hall–Kier alpha value is -1.38. The van der Waals surface area contributed by atoms with Gasteiger partial charge in [0.15, 0.2) is 12.4 Å². The first-order valence-corrected chi connectivity index (χ1v) is 4.71. The summed E-state index contributed by atoms with van der Waals surface area (Å²) in [6.45, 7) is 3.61. The summed E-state index contributed by atoms with van der Waals surface area (Å²) in [6, 6.07) is 4.20. The normalized spacial score (nSPS) is 12.3. The predicted molar refractivity (Wildman–Crippen MR) is 54.5 cm³/mol. The van der Waals surface area contributed by atoms with Gasteiger partial charge in [-0.05, 0) is 12.5 Å². The molecule has 3 heteroatoms. The molecule has 0 aromatic carbocycles. The number of aryl methyl sites for hydroxylation is 1. The third-order valence-electron chi connectivity index (χ3n) is 2.56. The SMILES string of the molecule is CC(=O)N(C)C(C)c1cc[n+](C)cc1. The number of carbonyl (C=O) groups is 1. The number of aromatic nitrogens is 1. The molecule has 1 rings (SSSR count). The number of nitrogens with zero attached hydrogens (tertiary/aromatic N) is 2. The van der Waals surface area contributed by atoms with Crippen LogP contribution in [0.5, 0.6) is 0 Å². The van der Waals surface area contributed by atoms with E-state index in [4.69, 9.17) is 0 Å². The Labute approximate surface area is 85.0 Å². The molecule has 1 unspecified atom stereocenters. The molecule has 3 nitrogen and oxygen atoms in total. The van der Waals surface area contributed by atoms with Crippen LogP contribution < -0.4 is 4.57 Å². The number of amides is 1. The molecule has 0 bridgehead atoms. The molecule has 0 saturated heterocycles. The number of hydrogen-bond acceptors (Lipinski definition) is 1. The second-order valence-electron chi connectivity index (χ2n) is 3.60. The zero-order chi connectivity index (χ0) is 10.7. The molecule has 0 saturated carbocycles. The lowest BCUT2D eigenvalue weighted by Gasteiger charge is -2.23. The second kappa shape index (κ2) is 4.22. The molecular formula is C11H17N2O+. The Kier molecular flexibility index (Phi) is 3.23. The van der Waals surface area contributed by atoms with Crippen molar-refractivity contribution in [1.29, 1.82) is 0 Å². The van der Waals surface area contributed by atoms with Crippen molar-refractivity contribution < 1.29 is 9.36 Å². The first-order chi connectivity index (χ1) is 6.52. The lowest BCUT2D eigenvalue weighted by atomic mass is 10.1. The topological polar surface area (TPSA) is 24.2 Å². The van der Waals surface area contributed by atoms with Crippen molar-refractivity contribution in [2.45, 2.75) is 19.9 Å². The van der Waals surface area contributed by atoms with Crippen LogP contribution in [0.1, 0.15) is 25.5 Å². The lowest BCUT2D eigenvalue weighted by Crippen LogP contribution is -2.29. The maximum Gasteiger partial charge on any atom is 0.219 e. The van der Waals surface area contributed by atoms with Crippen molar-refractivity contribution >= 4 is 5.91 Å². The third kappa shape index (κ3) is 2.31. The fraction of sp³-hybridized carbons (Fsp3) is 0.455. The molecule has 0 aliphatic rings. The van der Waals surface area contributed by atoms with Crippen molar-refractivity contribution in [3.63, 3.8) is 0 Å². The van der Waals surface area contributed by atoms with Gasteiger partial charge in [0.1, 0.15) is 7.05 Å². The highest BCUT2D eigenvalue weighted by molar-refractivity contribution is 5.73. The van der Waals surface area contributed by atoms with Crippen LogP contribution in [0.3, 0.4) is 0 Å². The molecule has 0 aliphatic carbocycles. The lowest BCUT2D eigenvalue weighted by molar-refractivity contribution is -0.671. The molecular weight excluding hydrogens is 176 g/mol. The fourth-order valence-electron chi connectivity index (χ4n) is 1.29. The van der Waals surface area contributed by atoms with Gasteiger partial charge in [0, 0.05) is 26.1 Å². The molecule has 1 atom stereocenters. The molecule has 0 aliphatic heterocycles. The molecule has 14 heavy (non-hydrogen) atoms. The summed E-state index contributed by atoms with van der Waals surface area (Å²) < 4.78 is 1.98. The van der Waals surface area contributed by atoms with E-state index in [-0.39, 0.29) is 11.9 Å². The minimum absolute atomic E-state index is 0.0886. The van der Waals surface area contributed by atoms with Gasteiger partial charge in [-0.3, -0.25) is 4.79 Å². The monoisotopic (exact) mass is 193 g/mol. The van der Waals surface area contributed by atoms with Crippen molar-refractivity contribution in [3.05, 3.63) is 30.1 Å². The summed E-state index contributed by atoms with van der Waals surface area (Å²) in [5, 5.41) is 0. The maximum absolute atomic E-state index is 11.1. The molecule has 0 fully saturated rings. The molecule has 1 amide bonds. The van der Waals surface area contributed by atoms with Crippen molar-refractivity contribution in [2.24, 2.45) is 7.05 Å². The van der Waals surface area contributed by atoms with E-state index in [2.05, 4.69) is 0 Å². The van der Waals surface area contributed by atoms with Gasteiger partial charge in [-0.1, -0.05) is 0 Å². The van der Waals surface area contributed by atoms with E-state index in [1.807, 2.05) is 50.1 Å². The summed E-state index contributed by atoms with van der Waals surface area (Å²) in [5.74, 6) is 0.0886. The van der Waals surface area contributed by atoms with Gasteiger partial charge >= 0.3 is 0 Å². The minimum Gasteiger partial charge on any atom is -0.339 e. The van der Waals surface area contributed by atoms with Gasteiger partial charge in [0.2, 0.25) is 5.91 Å². The second-order valence-corrected chi connectivity index (χ2v) is 3.60. The van der Waals surface area contributed by atoms with Crippen LogP contribution in [0.25, 0.3) is 0 Å². The Morgan fingerprint density at radius 3 is 2.36 bits per heavy atom. The maximum atomic E-state index is 11.1. The third-order valence-corrected chi connectivity index (χ3v) is 2.56. The smallest absolute Gasteiger partial charge is 0.219 e. The molecule has 76 valence electrons. The van der Waals surface area contributed by atoms with Gasteiger partial charge in [-0.15, -0.1) is 0 Å². The van der Waals surface area contributed by atoms with Crippen LogP contribution in [-0.2, 0) is 11.8 Å². The van der Waals surface area contributed by atoms with Crippen LogP contribution in [-0.4, -0.2) is 17.9 Å².